The number of nitrogens with zero attached hydrogens (tertiary/aromatic N) is 1. The van der Waals surface area contributed by atoms with E-state index in [0.29, 0.717) is 42.6 Å². The van der Waals surface area contributed by atoms with Crippen molar-refractivity contribution in [3.8, 4) is 11.5 Å². The van der Waals surface area contributed by atoms with E-state index < -0.39 is 11.5 Å². The Bertz CT molecular complexity index is 552. The first kappa shape index (κ1) is 15.9. The fourth-order valence-corrected chi connectivity index (χ4v) is 2.82. The van der Waals surface area contributed by atoms with Crippen LogP contribution in [0.2, 0.25) is 5.02 Å². The van der Waals surface area contributed by atoms with Gasteiger partial charge in [0.25, 0.3) is 0 Å². The van der Waals surface area contributed by atoms with Crippen molar-refractivity contribution in [2.75, 3.05) is 27.3 Å². The van der Waals surface area contributed by atoms with Gasteiger partial charge >= 0.3 is 5.97 Å². The Kier molecular flexibility index (Phi) is 4.61. The van der Waals surface area contributed by atoms with E-state index in [1.807, 2.05) is 4.90 Å². The van der Waals surface area contributed by atoms with Gasteiger partial charge < -0.3 is 20.3 Å². The van der Waals surface area contributed by atoms with Crippen LogP contribution in [0, 0.1) is 0 Å². The molecule has 1 heterocycles. The van der Waals surface area contributed by atoms with E-state index in [9.17, 15) is 4.79 Å². The van der Waals surface area contributed by atoms with E-state index in [4.69, 9.17) is 31.9 Å². The largest absolute Gasteiger partial charge is 0.493 e. The zero-order valence-corrected chi connectivity index (χ0v) is 12.8. The van der Waals surface area contributed by atoms with Gasteiger partial charge in [-0.2, -0.15) is 0 Å². The lowest BCUT2D eigenvalue weighted by atomic mass is 10.0. The molecular weight excluding hydrogens is 296 g/mol. The van der Waals surface area contributed by atoms with Crippen LogP contribution in [0.15, 0.2) is 12.1 Å². The van der Waals surface area contributed by atoms with Crippen molar-refractivity contribution in [2.24, 2.45) is 5.73 Å². The van der Waals surface area contributed by atoms with Crippen molar-refractivity contribution in [3.63, 3.8) is 0 Å². The average Bonchev–Trinajstić information content (AvgIpc) is 2.81. The normalized spacial score (nSPS) is 22.3. The molecule has 116 valence electrons. The van der Waals surface area contributed by atoms with Gasteiger partial charge in [-0.05, 0) is 12.5 Å². The second kappa shape index (κ2) is 6.09. The highest BCUT2D eigenvalue weighted by Gasteiger charge is 2.41. The Labute approximate surface area is 128 Å². The maximum absolute atomic E-state index is 11.2. The predicted octanol–water partition coefficient (Wildman–Crippen LogP) is 1.34. The lowest BCUT2D eigenvalue weighted by Crippen LogP contribution is -2.50. The highest BCUT2D eigenvalue weighted by atomic mass is 35.5. The summed E-state index contributed by atoms with van der Waals surface area (Å²) in [6.07, 6.45) is 0.419. The maximum atomic E-state index is 11.2. The molecule has 7 heteroatoms. The van der Waals surface area contributed by atoms with E-state index in [1.165, 1.54) is 0 Å². The summed E-state index contributed by atoms with van der Waals surface area (Å²) in [5.74, 6) is 0.184. The molecule has 6 nitrogen and oxygen atoms in total. The number of likely N-dealkylation sites (tertiary alicyclic amines) is 1. The molecule has 0 aromatic heterocycles. The summed E-state index contributed by atoms with van der Waals surface area (Å²) in [5, 5.41) is 9.71. The number of carbonyl (C=O) groups is 1. The SMILES string of the molecule is COc1cc(Cl)cc(CN2CC[C@](N)(C(=O)O)C2)c1OC. The summed E-state index contributed by atoms with van der Waals surface area (Å²) in [6.45, 7) is 1.41. The Morgan fingerprint density at radius 3 is 2.71 bits per heavy atom. The van der Waals surface area contributed by atoms with Crippen molar-refractivity contribution in [1.29, 1.82) is 0 Å². The van der Waals surface area contributed by atoms with Crippen LogP contribution in [0.3, 0.4) is 0 Å². The molecular formula is C14H19ClN2O4. The van der Waals surface area contributed by atoms with Crippen LogP contribution in [-0.2, 0) is 11.3 Å². The van der Waals surface area contributed by atoms with Gasteiger partial charge in [-0.15, -0.1) is 0 Å². The lowest BCUT2D eigenvalue weighted by molar-refractivity contribution is -0.142. The molecule has 1 aromatic rings. The molecule has 1 atom stereocenters. The molecule has 0 radical (unpaired) electrons. The number of nitrogens with two attached hydrogens (primary N) is 1. The molecule has 0 amide bonds. The molecule has 1 aliphatic rings. The third kappa shape index (κ3) is 3.23. The van der Waals surface area contributed by atoms with Crippen molar-refractivity contribution < 1.29 is 19.4 Å². The number of halogens is 1. The summed E-state index contributed by atoms with van der Waals surface area (Å²) in [5.41, 5.74) is 5.54. The van der Waals surface area contributed by atoms with Gasteiger partial charge in [-0.25, -0.2) is 0 Å². The molecule has 0 spiro atoms. The minimum atomic E-state index is -1.18. The summed E-state index contributed by atoms with van der Waals surface area (Å²) < 4.78 is 10.6. The van der Waals surface area contributed by atoms with Crippen molar-refractivity contribution in [3.05, 3.63) is 22.7 Å². The van der Waals surface area contributed by atoms with Crippen LogP contribution < -0.4 is 15.2 Å². The number of ether oxygens (including phenoxy) is 2. The van der Waals surface area contributed by atoms with Gasteiger partial charge in [-0.3, -0.25) is 9.69 Å². The van der Waals surface area contributed by atoms with Crippen LogP contribution in [0.1, 0.15) is 12.0 Å². The number of carboxylic acid groups (broad SMARTS) is 1. The quantitative estimate of drug-likeness (QED) is 0.853. The van der Waals surface area contributed by atoms with Gasteiger partial charge in [0.2, 0.25) is 0 Å². The molecule has 0 saturated carbocycles. The molecule has 1 aliphatic heterocycles. The lowest BCUT2D eigenvalue weighted by Gasteiger charge is -2.21. The van der Waals surface area contributed by atoms with E-state index >= 15 is 0 Å². The van der Waals surface area contributed by atoms with Gasteiger partial charge in [-0.1, -0.05) is 11.6 Å². The Morgan fingerprint density at radius 2 is 2.19 bits per heavy atom. The molecule has 0 aliphatic carbocycles. The number of benzene rings is 1. The van der Waals surface area contributed by atoms with E-state index in [2.05, 4.69) is 0 Å². The van der Waals surface area contributed by atoms with Crippen LogP contribution in [0.5, 0.6) is 11.5 Å². The fourth-order valence-electron chi connectivity index (χ4n) is 2.59. The molecule has 1 aromatic carbocycles. The zero-order valence-electron chi connectivity index (χ0n) is 12.1. The highest BCUT2D eigenvalue weighted by Crippen LogP contribution is 2.36. The summed E-state index contributed by atoms with van der Waals surface area (Å²) in [6, 6.07) is 3.47. The number of hydrogen-bond acceptors (Lipinski definition) is 5. The van der Waals surface area contributed by atoms with E-state index in [-0.39, 0.29) is 0 Å². The fraction of sp³-hybridized carbons (Fsp3) is 0.500. The number of methoxy groups -OCH3 is 2. The number of hydrogen-bond donors (Lipinski definition) is 2. The first-order valence-corrected chi connectivity index (χ1v) is 6.92. The molecule has 1 saturated heterocycles. The highest BCUT2D eigenvalue weighted by molar-refractivity contribution is 6.30. The van der Waals surface area contributed by atoms with Gasteiger partial charge in [0.15, 0.2) is 11.5 Å². The smallest absolute Gasteiger partial charge is 0.325 e. The number of aliphatic carboxylic acids is 1. The first-order chi connectivity index (χ1) is 9.89. The van der Waals surface area contributed by atoms with Crippen LogP contribution in [-0.4, -0.2) is 48.8 Å². The van der Waals surface area contributed by atoms with Crippen LogP contribution in [0.4, 0.5) is 0 Å². The zero-order chi connectivity index (χ0) is 15.6. The average molecular weight is 315 g/mol. The molecule has 1 fully saturated rings. The van der Waals surface area contributed by atoms with Crippen molar-refractivity contribution >= 4 is 17.6 Å². The van der Waals surface area contributed by atoms with Gasteiger partial charge in [0, 0.05) is 36.3 Å². The van der Waals surface area contributed by atoms with Crippen LogP contribution >= 0.6 is 11.6 Å². The van der Waals surface area contributed by atoms with Gasteiger partial charge in [0.1, 0.15) is 5.54 Å². The second-order valence-corrected chi connectivity index (χ2v) is 5.66. The minimum Gasteiger partial charge on any atom is -0.493 e. The first-order valence-electron chi connectivity index (χ1n) is 6.54. The molecule has 0 bridgehead atoms. The monoisotopic (exact) mass is 314 g/mol. The summed E-state index contributed by atoms with van der Waals surface area (Å²) >= 11 is 6.08. The summed E-state index contributed by atoms with van der Waals surface area (Å²) in [7, 11) is 3.10. The van der Waals surface area contributed by atoms with Crippen molar-refractivity contribution in [2.45, 2.75) is 18.5 Å². The topological polar surface area (TPSA) is 85.0 Å². The molecule has 21 heavy (non-hydrogen) atoms. The van der Waals surface area contributed by atoms with E-state index in [0.717, 1.165) is 5.56 Å². The minimum absolute atomic E-state index is 0.292. The molecule has 3 N–H and O–H groups in total. The third-order valence-electron chi connectivity index (χ3n) is 3.72. The third-order valence-corrected chi connectivity index (χ3v) is 3.94. The van der Waals surface area contributed by atoms with E-state index in [1.54, 1.807) is 26.4 Å². The molecule has 2 rings (SSSR count). The number of rotatable bonds is 5. The standard InChI is InChI=1S/C14H19ClN2O4/c1-20-11-6-10(15)5-9(12(11)21-2)7-17-4-3-14(16,8-17)13(18)19/h5-6H,3-4,7-8,16H2,1-2H3,(H,18,19)/t14-/m1/s1. The Morgan fingerprint density at radius 1 is 1.48 bits per heavy atom. The van der Waals surface area contributed by atoms with Crippen LogP contribution in [0.25, 0.3) is 0 Å². The Hall–Kier alpha value is -1.50. The number of carboxylic acids is 1. The van der Waals surface area contributed by atoms with Crippen molar-refractivity contribution in [1.82, 2.24) is 4.90 Å². The Balaban J connectivity index is 2.21. The molecule has 0 unspecified atom stereocenters. The van der Waals surface area contributed by atoms with Gasteiger partial charge in [0.05, 0.1) is 14.2 Å². The maximum Gasteiger partial charge on any atom is 0.325 e. The summed E-state index contributed by atoms with van der Waals surface area (Å²) in [4.78, 5) is 13.2. The predicted molar refractivity (Wildman–Crippen MR) is 79.0 cm³/mol. The second-order valence-electron chi connectivity index (χ2n) is 5.22.